The number of amides is 1. The minimum atomic E-state index is -0.314. The van der Waals surface area contributed by atoms with Crippen LogP contribution < -0.4 is 10.9 Å². The summed E-state index contributed by atoms with van der Waals surface area (Å²) in [4.78, 5) is 29.9. The first-order chi connectivity index (χ1) is 14.1. The quantitative estimate of drug-likeness (QED) is 0.631. The Balaban J connectivity index is 1.73. The van der Waals surface area contributed by atoms with Gasteiger partial charge in [0.15, 0.2) is 0 Å². The molecule has 1 aliphatic rings. The number of aromatic nitrogens is 3. The van der Waals surface area contributed by atoms with Gasteiger partial charge in [0, 0.05) is 48.6 Å². The second kappa shape index (κ2) is 8.23. The fraction of sp³-hybridized carbons (Fsp3) is 0.286. The van der Waals surface area contributed by atoms with Gasteiger partial charge in [-0.05, 0) is 12.5 Å². The van der Waals surface area contributed by atoms with Crippen molar-refractivity contribution in [1.82, 2.24) is 19.3 Å². The summed E-state index contributed by atoms with van der Waals surface area (Å²) in [5.74, 6) is 0.00203. The van der Waals surface area contributed by atoms with Crippen LogP contribution in [0.3, 0.4) is 0 Å². The number of halogens is 1. The lowest BCUT2D eigenvalue weighted by Gasteiger charge is -2.13. The highest BCUT2D eigenvalue weighted by Gasteiger charge is 2.20. The van der Waals surface area contributed by atoms with Crippen LogP contribution in [-0.4, -0.2) is 39.6 Å². The lowest BCUT2D eigenvalue weighted by Crippen LogP contribution is -2.29. The maximum Gasteiger partial charge on any atom is 0.295 e. The molecule has 2 aromatic heterocycles. The highest BCUT2D eigenvalue weighted by atomic mass is 35.5. The molecule has 1 atom stereocenters. The van der Waals surface area contributed by atoms with E-state index in [-0.39, 0.29) is 22.8 Å². The van der Waals surface area contributed by atoms with Crippen molar-refractivity contribution in [2.45, 2.75) is 13.0 Å². The summed E-state index contributed by atoms with van der Waals surface area (Å²) in [6, 6.07) is 7.29. The zero-order chi connectivity index (χ0) is 20.4. The molecule has 29 heavy (non-hydrogen) atoms. The van der Waals surface area contributed by atoms with E-state index in [1.807, 2.05) is 18.2 Å². The molecule has 1 aliphatic heterocycles. The summed E-state index contributed by atoms with van der Waals surface area (Å²) in [5, 5.41) is 3.40. The molecular formula is C21H21ClN4O3. The van der Waals surface area contributed by atoms with E-state index >= 15 is 0 Å². The number of hydrogen-bond acceptors (Lipinski definition) is 4. The van der Waals surface area contributed by atoms with Gasteiger partial charge in [0.2, 0.25) is 5.65 Å². The van der Waals surface area contributed by atoms with E-state index in [2.05, 4.69) is 16.9 Å². The van der Waals surface area contributed by atoms with Gasteiger partial charge in [0.1, 0.15) is 5.69 Å². The molecule has 0 aliphatic carbocycles. The van der Waals surface area contributed by atoms with E-state index in [0.717, 1.165) is 18.6 Å². The predicted molar refractivity (Wildman–Crippen MR) is 111 cm³/mol. The number of allylic oxidation sites excluding steroid dienone is 1. The van der Waals surface area contributed by atoms with E-state index in [1.54, 1.807) is 33.5 Å². The van der Waals surface area contributed by atoms with Crippen LogP contribution in [-0.2, 0) is 11.3 Å². The van der Waals surface area contributed by atoms with Crippen molar-refractivity contribution in [3.8, 4) is 11.3 Å². The summed E-state index contributed by atoms with van der Waals surface area (Å²) in [7, 11) is 0. The van der Waals surface area contributed by atoms with Crippen molar-refractivity contribution in [3.63, 3.8) is 0 Å². The summed E-state index contributed by atoms with van der Waals surface area (Å²) >= 11 is 6.35. The number of nitrogens with one attached hydrogen (secondary N) is 1. The molecule has 150 valence electrons. The van der Waals surface area contributed by atoms with Gasteiger partial charge in [-0.3, -0.25) is 18.6 Å². The molecule has 4 rings (SSSR count). The van der Waals surface area contributed by atoms with Crippen LogP contribution in [0.4, 0.5) is 0 Å². The molecular weight excluding hydrogens is 392 g/mol. The number of carbonyl (C=O) groups excluding carboxylic acids is 1. The number of rotatable bonds is 6. The van der Waals surface area contributed by atoms with Crippen molar-refractivity contribution in [3.05, 3.63) is 70.4 Å². The van der Waals surface area contributed by atoms with Crippen LogP contribution in [0.1, 0.15) is 16.9 Å². The highest BCUT2D eigenvalue weighted by molar-refractivity contribution is 6.33. The highest BCUT2D eigenvalue weighted by Crippen LogP contribution is 2.27. The van der Waals surface area contributed by atoms with Gasteiger partial charge in [0.25, 0.3) is 11.5 Å². The fourth-order valence-electron chi connectivity index (χ4n) is 3.46. The van der Waals surface area contributed by atoms with Crippen LogP contribution in [0.5, 0.6) is 0 Å². The minimum Gasteiger partial charge on any atom is -0.381 e. The zero-order valence-corrected chi connectivity index (χ0v) is 16.6. The largest absolute Gasteiger partial charge is 0.381 e. The van der Waals surface area contributed by atoms with E-state index in [4.69, 9.17) is 16.3 Å². The number of carbonyl (C=O) groups is 1. The lowest BCUT2D eigenvalue weighted by molar-refractivity contribution is 0.0940. The van der Waals surface area contributed by atoms with Gasteiger partial charge >= 0.3 is 0 Å². The average molecular weight is 413 g/mol. The Morgan fingerprint density at radius 1 is 1.38 bits per heavy atom. The third kappa shape index (κ3) is 3.83. The van der Waals surface area contributed by atoms with E-state index in [0.29, 0.717) is 36.3 Å². The number of ether oxygens (including phenoxy) is 1. The Morgan fingerprint density at radius 2 is 2.21 bits per heavy atom. The van der Waals surface area contributed by atoms with Crippen LogP contribution in [0, 0.1) is 5.92 Å². The Kier molecular flexibility index (Phi) is 5.51. The van der Waals surface area contributed by atoms with Crippen LogP contribution in [0.15, 0.2) is 54.1 Å². The SMILES string of the molecule is C=CCn1c(-c2ccccc2Cl)cn2cc(C(=O)NC[C@@H]3CCOC3)nc2c1=O. The second-order valence-corrected chi connectivity index (χ2v) is 7.40. The normalized spacial score (nSPS) is 16.2. The molecule has 0 bridgehead atoms. The molecule has 1 aromatic carbocycles. The van der Waals surface area contributed by atoms with Crippen LogP contribution in [0.25, 0.3) is 16.9 Å². The summed E-state index contributed by atoms with van der Waals surface area (Å²) < 4.78 is 8.45. The van der Waals surface area contributed by atoms with Crippen molar-refractivity contribution in [2.75, 3.05) is 19.8 Å². The topological polar surface area (TPSA) is 77.6 Å². The van der Waals surface area contributed by atoms with Crippen molar-refractivity contribution in [2.24, 2.45) is 5.92 Å². The predicted octanol–water partition coefficient (Wildman–Crippen LogP) is 2.77. The molecule has 3 heterocycles. The Labute approximate surface area is 172 Å². The standard InChI is InChI=1S/C21H21ClN4O3/c1-2-8-26-18(15-5-3-4-6-16(15)22)12-25-11-17(24-19(25)21(26)28)20(27)23-10-14-7-9-29-13-14/h2-6,11-12,14H,1,7-10,13H2,(H,23,27)/t14-/m0/s1. The van der Waals surface area contributed by atoms with Crippen molar-refractivity contribution < 1.29 is 9.53 Å². The van der Waals surface area contributed by atoms with Gasteiger partial charge in [-0.2, -0.15) is 0 Å². The molecule has 7 nitrogen and oxygen atoms in total. The minimum absolute atomic E-state index is 0.178. The molecule has 0 saturated carbocycles. The third-order valence-electron chi connectivity index (χ3n) is 4.99. The van der Waals surface area contributed by atoms with Crippen molar-refractivity contribution >= 4 is 23.2 Å². The number of imidazole rings is 1. The molecule has 1 amide bonds. The first-order valence-electron chi connectivity index (χ1n) is 9.42. The van der Waals surface area contributed by atoms with E-state index in [9.17, 15) is 9.59 Å². The smallest absolute Gasteiger partial charge is 0.295 e. The van der Waals surface area contributed by atoms with Gasteiger partial charge in [-0.25, -0.2) is 4.98 Å². The van der Waals surface area contributed by atoms with Gasteiger partial charge in [-0.1, -0.05) is 35.9 Å². The molecule has 0 spiro atoms. The van der Waals surface area contributed by atoms with Crippen LogP contribution in [0.2, 0.25) is 5.02 Å². The van der Waals surface area contributed by atoms with E-state index < -0.39 is 0 Å². The first kappa shape index (κ1) is 19.4. The third-order valence-corrected chi connectivity index (χ3v) is 5.32. The average Bonchev–Trinajstić information content (AvgIpc) is 3.38. The molecule has 8 heteroatoms. The Hall–Kier alpha value is -2.90. The molecule has 0 radical (unpaired) electrons. The first-order valence-corrected chi connectivity index (χ1v) is 9.80. The zero-order valence-electron chi connectivity index (χ0n) is 15.8. The molecule has 3 aromatic rings. The summed E-state index contributed by atoms with van der Waals surface area (Å²) in [6.07, 6.45) is 5.89. The number of benzene rings is 1. The lowest BCUT2D eigenvalue weighted by atomic mass is 10.1. The summed E-state index contributed by atoms with van der Waals surface area (Å²) in [5.41, 5.74) is 1.40. The molecule has 1 N–H and O–H groups in total. The van der Waals surface area contributed by atoms with Gasteiger partial charge in [-0.15, -0.1) is 6.58 Å². The molecule has 0 unspecified atom stereocenters. The van der Waals surface area contributed by atoms with Gasteiger partial charge < -0.3 is 10.1 Å². The Bertz CT molecular complexity index is 1130. The number of nitrogens with zero attached hydrogens (tertiary/aromatic N) is 3. The van der Waals surface area contributed by atoms with Crippen molar-refractivity contribution in [1.29, 1.82) is 0 Å². The molecule has 1 saturated heterocycles. The number of hydrogen-bond donors (Lipinski definition) is 1. The fourth-order valence-corrected chi connectivity index (χ4v) is 3.69. The maximum absolute atomic E-state index is 13.1. The summed E-state index contributed by atoms with van der Waals surface area (Å²) in [6.45, 7) is 5.94. The van der Waals surface area contributed by atoms with Gasteiger partial charge in [0.05, 0.1) is 12.3 Å². The maximum atomic E-state index is 13.1. The van der Waals surface area contributed by atoms with Crippen LogP contribution >= 0.6 is 11.6 Å². The number of fused-ring (bicyclic) bond motifs is 1. The monoisotopic (exact) mass is 412 g/mol. The molecule has 1 fully saturated rings. The second-order valence-electron chi connectivity index (χ2n) is 7.00. The van der Waals surface area contributed by atoms with E-state index in [1.165, 1.54) is 0 Å². The Morgan fingerprint density at radius 3 is 2.93 bits per heavy atom.